The van der Waals surface area contributed by atoms with Gasteiger partial charge in [0.25, 0.3) is 0 Å². The van der Waals surface area contributed by atoms with E-state index in [4.69, 9.17) is 14.2 Å². The standard InChI is InChI=1S/C16H14O4/c1-18-14-7-10-9-20-16(17)12-6-4-3-5-11(12)13(10)8-15(14)19-2/h3-8H,9H2,1-2H3. The second-order valence-corrected chi connectivity index (χ2v) is 4.49. The molecule has 0 N–H and O–H groups in total. The summed E-state index contributed by atoms with van der Waals surface area (Å²) in [7, 11) is 3.18. The number of ether oxygens (including phenoxy) is 3. The van der Waals surface area contributed by atoms with Crippen LogP contribution < -0.4 is 9.47 Å². The van der Waals surface area contributed by atoms with Gasteiger partial charge in [-0.2, -0.15) is 0 Å². The molecule has 0 saturated carbocycles. The summed E-state index contributed by atoms with van der Waals surface area (Å²) < 4.78 is 15.9. The van der Waals surface area contributed by atoms with Crippen LogP contribution >= 0.6 is 0 Å². The molecule has 0 aromatic heterocycles. The Hall–Kier alpha value is -2.49. The van der Waals surface area contributed by atoms with Crippen molar-refractivity contribution in [3.05, 3.63) is 47.5 Å². The van der Waals surface area contributed by atoms with E-state index in [1.165, 1.54) is 0 Å². The molecule has 102 valence electrons. The first-order valence-corrected chi connectivity index (χ1v) is 6.26. The van der Waals surface area contributed by atoms with E-state index in [2.05, 4.69) is 0 Å². The Balaban J connectivity index is 2.27. The second-order valence-electron chi connectivity index (χ2n) is 4.49. The molecule has 1 heterocycles. The maximum Gasteiger partial charge on any atom is 0.339 e. The summed E-state index contributed by atoms with van der Waals surface area (Å²) in [5.41, 5.74) is 3.26. The molecule has 0 fully saturated rings. The van der Waals surface area contributed by atoms with E-state index in [0.29, 0.717) is 17.1 Å². The fourth-order valence-corrected chi connectivity index (χ4v) is 2.41. The minimum absolute atomic E-state index is 0.225. The van der Waals surface area contributed by atoms with Crippen LogP contribution in [0.3, 0.4) is 0 Å². The summed E-state index contributed by atoms with van der Waals surface area (Å²) in [6.07, 6.45) is 0. The lowest BCUT2D eigenvalue weighted by Gasteiger charge is -2.13. The second kappa shape index (κ2) is 4.89. The van der Waals surface area contributed by atoms with Crippen molar-refractivity contribution < 1.29 is 19.0 Å². The molecule has 0 saturated heterocycles. The van der Waals surface area contributed by atoms with Crippen molar-refractivity contribution >= 4 is 5.97 Å². The van der Waals surface area contributed by atoms with Crippen molar-refractivity contribution in [2.45, 2.75) is 6.61 Å². The molecule has 0 bridgehead atoms. The number of benzene rings is 2. The number of hydrogen-bond donors (Lipinski definition) is 0. The van der Waals surface area contributed by atoms with E-state index >= 15 is 0 Å². The molecule has 3 rings (SSSR count). The lowest BCUT2D eigenvalue weighted by Crippen LogP contribution is -2.02. The van der Waals surface area contributed by atoms with Gasteiger partial charge in [-0.25, -0.2) is 4.79 Å². The van der Waals surface area contributed by atoms with Crippen LogP contribution in [0.15, 0.2) is 36.4 Å². The first-order chi connectivity index (χ1) is 9.74. The van der Waals surface area contributed by atoms with Gasteiger partial charge < -0.3 is 14.2 Å². The Kier molecular flexibility index (Phi) is 3.06. The van der Waals surface area contributed by atoms with E-state index in [0.717, 1.165) is 16.7 Å². The Morgan fingerprint density at radius 2 is 1.60 bits per heavy atom. The lowest BCUT2D eigenvalue weighted by molar-refractivity contribution is 0.0478. The van der Waals surface area contributed by atoms with Crippen LogP contribution in [0.5, 0.6) is 11.5 Å². The largest absolute Gasteiger partial charge is 0.493 e. The summed E-state index contributed by atoms with van der Waals surface area (Å²) >= 11 is 0. The van der Waals surface area contributed by atoms with Gasteiger partial charge in [-0.1, -0.05) is 18.2 Å². The summed E-state index contributed by atoms with van der Waals surface area (Å²) in [4.78, 5) is 12.0. The Morgan fingerprint density at radius 1 is 0.950 bits per heavy atom. The maximum absolute atomic E-state index is 12.0. The van der Waals surface area contributed by atoms with Crippen LogP contribution in [-0.2, 0) is 11.3 Å². The number of rotatable bonds is 2. The Morgan fingerprint density at radius 3 is 2.30 bits per heavy atom. The molecule has 0 radical (unpaired) electrons. The lowest BCUT2D eigenvalue weighted by atomic mass is 9.96. The van der Waals surface area contributed by atoms with Gasteiger partial charge in [0.1, 0.15) is 6.61 Å². The average molecular weight is 270 g/mol. The number of hydrogen-bond acceptors (Lipinski definition) is 4. The zero-order valence-corrected chi connectivity index (χ0v) is 11.3. The van der Waals surface area contributed by atoms with Gasteiger partial charge in [-0.3, -0.25) is 0 Å². The van der Waals surface area contributed by atoms with E-state index in [1.54, 1.807) is 20.3 Å². The zero-order valence-electron chi connectivity index (χ0n) is 11.3. The fourth-order valence-electron chi connectivity index (χ4n) is 2.41. The third-order valence-corrected chi connectivity index (χ3v) is 3.41. The highest BCUT2D eigenvalue weighted by molar-refractivity contribution is 5.99. The molecule has 4 nitrogen and oxygen atoms in total. The molecule has 1 aliphatic heterocycles. The smallest absolute Gasteiger partial charge is 0.339 e. The van der Waals surface area contributed by atoms with Gasteiger partial charge in [-0.05, 0) is 29.3 Å². The number of cyclic esters (lactones) is 1. The normalized spacial score (nSPS) is 12.8. The maximum atomic E-state index is 12.0. The van der Waals surface area contributed by atoms with Gasteiger partial charge in [0.2, 0.25) is 0 Å². The van der Waals surface area contributed by atoms with E-state index < -0.39 is 0 Å². The quantitative estimate of drug-likeness (QED) is 0.787. The molecular formula is C16H14O4. The molecular weight excluding hydrogens is 256 g/mol. The van der Waals surface area contributed by atoms with Crippen LogP contribution in [0.25, 0.3) is 11.1 Å². The third kappa shape index (κ3) is 1.90. The van der Waals surface area contributed by atoms with E-state index in [9.17, 15) is 4.79 Å². The van der Waals surface area contributed by atoms with Crippen molar-refractivity contribution in [1.82, 2.24) is 0 Å². The van der Waals surface area contributed by atoms with E-state index in [1.807, 2.05) is 30.3 Å². The minimum Gasteiger partial charge on any atom is -0.493 e. The fraction of sp³-hybridized carbons (Fsp3) is 0.188. The molecule has 1 aliphatic rings. The van der Waals surface area contributed by atoms with Crippen LogP contribution in [0.2, 0.25) is 0 Å². The SMILES string of the molecule is COc1cc2c(cc1OC)-c1ccccc1C(=O)OC2. The van der Waals surface area contributed by atoms with Crippen molar-refractivity contribution in [3.8, 4) is 22.6 Å². The molecule has 0 spiro atoms. The number of carbonyl (C=O) groups excluding carboxylic acids is 1. The summed E-state index contributed by atoms with van der Waals surface area (Å²) in [6.45, 7) is 0.225. The van der Waals surface area contributed by atoms with E-state index in [-0.39, 0.29) is 12.6 Å². The summed E-state index contributed by atoms with van der Waals surface area (Å²) in [5, 5.41) is 0. The van der Waals surface area contributed by atoms with Crippen LogP contribution in [0, 0.1) is 0 Å². The highest BCUT2D eigenvalue weighted by Gasteiger charge is 2.22. The average Bonchev–Trinajstić information content (AvgIpc) is 2.64. The third-order valence-electron chi connectivity index (χ3n) is 3.41. The van der Waals surface area contributed by atoms with Gasteiger partial charge in [0.05, 0.1) is 19.8 Å². The monoisotopic (exact) mass is 270 g/mol. The highest BCUT2D eigenvalue weighted by atomic mass is 16.5. The first-order valence-electron chi connectivity index (χ1n) is 6.26. The minimum atomic E-state index is -0.310. The van der Waals surface area contributed by atoms with Crippen molar-refractivity contribution in [2.75, 3.05) is 14.2 Å². The molecule has 0 unspecified atom stereocenters. The molecule has 20 heavy (non-hydrogen) atoms. The van der Waals surface area contributed by atoms with Gasteiger partial charge >= 0.3 is 5.97 Å². The number of fused-ring (bicyclic) bond motifs is 3. The van der Waals surface area contributed by atoms with Crippen molar-refractivity contribution in [2.24, 2.45) is 0 Å². The molecule has 4 heteroatoms. The molecule has 0 amide bonds. The predicted molar refractivity (Wildman–Crippen MR) is 74.1 cm³/mol. The Bertz CT molecular complexity index is 676. The topological polar surface area (TPSA) is 44.8 Å². The van der Waals surface area contributed by atoms with Crippen molar-refractivity contribution in [1.29, 1.82) is 0 Å². The molecule has 0 atom stereocenters. The van der Waals surface area contributed by atoms with Crippen LogP contribution in [0.1, 0.15) is 15.9 Å². The van der Waals surface area contributed by atoms with Gasteiger partial charge in [0, 0.05) is 5.56 Å². The van der Waals surface area contributed by atoms with Gasteiger partial charge in [0.15, 0.2) is 11.5 Å². The molecule has 2 aromatic carbocycles. The van der Waals surface area contributed by atoms with Gasteiger partial charge in [-0.15, -0.1) is 0 Å². The number of esters is 1. The van der Waals surface area contributed by atoms with Crippen molar-refractivity contribution in [3.63, 3.8) is 0 Å². The number of carbonyl (C=O) groups is 1. The summed E-state index contributed by atoms with van der Waals surface area (Å²) in [6, 6.07) is 11.1. The first kappa shape index (κ1) is 12.5. The highest BCUT2D eigenvalue weighted by Crippen LogP contribution is 2.39. The molecule has 2 aromatic rings. The molecule has 0 aliphatic carbocycles. The van der Waals surface area contributed by atoms with Crippen LogP contribution in [0.4, 0.5) is 0 Å². The summed E-state index contributed by atoms with van der Waals surface area (Å²) in [5.74, 6) is 0.951. The van der Waals surface area contributed by atoms with Crippen LogP contribution in [-0.4, -0.2) is 20.2 Å². The Labute approximate surface area is 116 Å². The predicted octanol–water partition coefficient (Wildman–Crippen LogP) is 3.04. The number of methoxy groups -OCH3 is 2. The zero-order chi connectivity index (χ0) is 14.1.